The van der Waals surface area contributed by atoms with Crippen LogP contribution in [0, 0.1) is 0 Å². The number of hydrogen-bond acceptors (Lipinski definition) is 2. The number of halogens is 3. The van der Waals surface area contributed by atoms with Crippen molar-refractivity contribution in [3.05, 3.63) is 24.3 Å². The van der Waals surface area contributed by atoms with E-state index in [4.69, 9.17) is 4.74 Å². The lowest BCUT2D eigenvalue weighted by atomic mass is 10.2. The first-order valence-electron chi connectivity index (χ1n) is 4.70. The van der Waals surface area contributed by atoms with Crippen molar-refractivity contribution in [3.8, 4) is 11.5 Å². The summed E-state index contributed by atoms with van der Waals surface area (Å²) in [5.74, 6) is 0.246. The summed E-state index contributed by atoms with van der Waals surface area (Å²) in [6.45, 7) is 5.56. The van der Waals surface area contributed by atoms with Gasteiger partial charge in [-0.05, 0) is 45.0 Å². The fourth-order valence-corrected chi connectivity index (χ4v) is 1.06. The van der Waals surface area contributed by atoms with Crippen LogP contribution in [0.25, 0.3) is 0 Å². The molecule has 5 heteroatoms. The van der Waals surface area contributed by atoms with Crippen LogP contribution in [0.3, 0.4) is 0 Å². The van der Waals surface area contributed by atoms with Crippen molar-refractivity contribution >= 4 is 0 Å². The molecule has 0 radical (unpaired) electrons. The highest BCUT2D eigenvalue weighted by molar-refractivity contribution is 5.31. The number of benzene rings is 1. The van der Waals surface area contributed by atoms with E-state index < -0.39 is 6.36 Å². The number of rotatable bonds is 2. The van der Waals surface area contributed by atoms with Crippen LogP contribution in [0.2, 0.25) is 0 Å². The van der Waals surface area contributed by atoms with Gasteiger partial charge < -0.3 is 9.47 Å². The van der Waals surface area contributed by atoms with E-state index in [0.717, 1.165) is 0 Å². The molecular weight excluding hydrogens is 221 g/mol. The Labute approximate surface area is 92.0 Å². The topological polar surface area (TPSA) is 18.5 Å². The molecule has 0 bridgehead atoms. The zero-order valence-corrected chi connectivity index (χ0v) is 9.26. The third-order valence-corrected chi connectivity index (χ3v) is 1.48. The first-order valence-corrected chi connectivity index (χ1v) is 4.70. The molecule has 2 nitrogen and oxygen atoms in total. The van der Waals surface area contributed by atoms with Gasteiger partial charge in [0.15, 0.2) is 0 Å². The van der Waals surface area contributed by atoms with Crippen molar-refractivity contribution in [1.82, 2.24) is 0 Å². The second kappa shape index (κ2) is 4.23. The Bertz CT molecular complexity index is 301. The summed E-state index contributed by atoms with van der Waals surface area (Å²) < 4.78 is 44.8. The third-order valence-electron chi connectivity index (χ3n) is 1.48. The van der Waals surface area contributed by atoms with E-state index >= 15 is 0 Å². The predicted octanol–water partition coefficient (Wildman–Crippen LogP) is 3.76. The molecule has 0 spiro atoms. The van der Waals surface area contributed by atoms with E-state index in [1.807, 2.05) is 20.8 Å². The third kappa shape index (κ3) is 4.91. The molecule has 1 rings (SSSR count). The second-order valence-electron chi connectivity index (χ2n) is 4.23. The van der Waals surface area contributed by atoms with Gasteiger partial charge in [0.25, 0.3) is 0 Å². The number of ether oxygens (including phenoxy) is 2. The highest BCUT2D eigenvalue weighted by Gasteiger charge is 2.31. The van der Waals surface area contributed by atoms with Gasteiger partial charge in [-0.3, -0.25) is 0 Å². The summed E-state index contributed by atoms with van der Waals surface area (Å²) in [6, 6.07) is 5.31. The lowest BCUT2D eigenvalue weighted by molar-refractivity contribution is -0.274. The van der Waals surface area contributed by atoms with Crippen LogP contribution in [0.5, 0.6) is 11.5 Å². The molecule has 0 aliphatic heterocycles. The Hall–Kier alpha value is -1.39. The molecule has 0 fully saturated rings. The lowest BCUT2D eigenvalue weighted by Gasteiger charge is -2.21. The summed E-state index contributed by atoms with van der Waals surface area (Å²) in [4.78, 5) is 0. The summed E-state index contributed by atoms with van der Waals surface area (Å²) in [6.07, 6.45) is -4.66. The average molecular weight is 234 g/mol. The highest BCUT2D eigenvalue weighted by Crippen LogP contribution is 2.26. The maximum absolute atomic E-state index is 11.9. The van der Waals surface area contributed by atoms with Crippen molar-refractivity contribution in [2.75, 3.05) is 0 Å². The van der Waals surface area contributed by atoms with Crippen LogP contribution >= 0.6 is 0 Å². The van der Waals surface area contributed by atoms with Crippen LogP contribution in [-0.2, 0) is 0 Å². The molecular formula is C11H13F3O2. The summed E-state index contributed by atoms with van der Waals surface area (Å²) in [5, 5.41) is 0. The van der Waals surface area contributed by atoms with Crippen molar-refractivity contribution < 1.29 is 22.6 Å². The Morgan fingerprint density at radius 1 is 0.812 bits per heavy atom. The van der Waals surface area contributed by atoms with Crippen LogP contribution in [0.4, 0.5) is 13.2 Å². The molecule has 0 unspecified atom stereocenters. The second-order valence-corrected chi connectivity index (χ2v) is 4.23. The minimum absolute atomic E-state index is 0.256. The zero-order chi connectivity index (χ0) is 12.4. The van der Waals surface area contributed by atoms with E-state index in [-0.39, 0.29) is 11.4 Å². The van der Waals surface area contributed by atoms with Crippen LogP contribution in [-0.4, -0.2) is 12.0 Å². The van der Waals surface area contributed by atoms with Gasteiger partial charge in [0.2, 0.25) is 0 Å². The van der Waals surface area contributed by atoms with Crippen molar-refractivity contribution in [1.29, 1.82) is 0 Å². The van der Waals surface area contributed by atoms with Crippen LogP contribution in [0.15, 0.2) is 24.3 Å². The molecule has 90 valence electrons. The minimum atomic E-state index is -4.66. The molecule has 0 amide bonds. The van der Waals surface area contributed by atoms with E-state index in [1.165, 1.54) is 24.3 Å². The monoisotopic (exact) mass is 234 g/mol. The van der Waals surface area contributed by atoms with E-state index in [2.05, 4.69) is 4.74 Å². The van der Waals surface area contributed by atoms with Gasteiger partial charge in [-0.25, -0.2) is 0 Å². The van der Waals surface area contributed by atoms with Crippen LogP contribution in [0.1, 0.15) is 20.8 Å². The van der Waals surface area contributed by atoms with Crippen LogP contribution < -0.4 is 9.47 Å². The van der Waals surface area contributed by atoms with E-state index in [9.17, 15) is 13.2 Å². The maximum atomic E-state index is 11.9. The first kappa shape index (κ1) is 12.7. The molecule has 1 aromatic carbocycles. The Morgan fingerprint density at radius 2 is 1.19 bits per heavy atom. The molecule has 0 N–H and O–H groups in total. The lowest BCUT2D eigenvalue weighted by Crippen LogP contribution is -2.23. The van der Waals surface area contributed by atoms with Gasteiger partial charge in [-0.15, -0.1) is 13.2 Å². The maximum Gasteiger partial charge on any atom is 0.573 e. The summed E-state index contributed by atoms with van der Waals surface area (Å²) in [7, 11) is 0. The highest BCUT2D eigenvalue weighted by atomic mass is 19.4. The molecule has 1 aromatic rings. The zero-order valence-electron chi connectivity index (χ0n) is 9.26. The normalized spacial score (nSPS) is 12.4. The molecule has 0 saturated heterocycles. The molecule has 0 aromatic heterocycles. The van der Waals surface area contributed by atoms with Gasteiger partial charge in [0, 0.05) is 0 Å². The Morgan fingerprint density at radius 3 is 1.50 bits per heavy atom. The fourth-order valence-electron chi connectivity index (χ4n) is 1.06. The average Bonchev–Trinajstić information content (AvgIpc) is 2.03. The number of alkyl halides is 3. The SMILES string of the molecule is CC(C)(C)Oc1ccc(OC(F)(F)F)cc1. The number of hydrogen-bond donors (Lipinski definition) is 0. The Kier molecular flexibility index (Phi) is 3.35. The molecule has 0 saturated carbocycles. The van der Waals surface area contributed by atoms with Gasteiger partial charge >= 0.3 is 6.36 Å². The quantitative estimate of drug-likeness (QED) is 0.775. The molecule has 0 heterocycles. The molecule has 0 aliphatic carbocycles. The first-order chi connectivity index (χ1) is 7.16. The largest absolute Gasteiger partial charge is 0.573 e. The predicted molar refractivity (Wildman–Crippen MR) is 53.5 cm³/mol. The summed E-state index contributed by atoms with van der Waals surface area (Å²) in [5.41, 5.74) is -0.383. The molecule has 16 heavy (non-hydrogen) atoms. The summed E-state index contributed by atoms with van der Waals surface area (Å²) >= 11 is 0. The van der Waals surface area contributed by atoms with Gasteiger partial charge in [0.1, 0.15) is 17.1 Å². The molecule has 0 atom stereocenters. The van der Waals surface area contributed by atoms with Gasteiger partial charge in [-0.2, -0.15) is 0 Å². The Balaban J connectivity index is 2.69. The standard InChI is InChI=1S/C11H13F3O2/c1-10(2,3)15-8-4-6-9(7-5-8)16-11(12,13)14/h4-7H,1-3H3. The minimum Gasteiger partial charge on any atom is -0.488 e. The van der Waals surface area contributed by atoms with E-state index in [1.54, 1.807) is 0 Å². The van der Waals surface area contributed by atoms with Crippen molar-refractivity contribution in [2.24, 2.45) is 0 Å². The van der Waals surface area contributed by atoms with Gasteiger partial charge in [0.05, 0.1) is 0 Å². The van der Waals surface area contributed by atoms with Crippen molar-refractivity contribution in [2.45, 2.75) is 32.7 Å². The smallest absolute Gasteiger partial charge is 0.488 e. The van der Waals surface area contributed by atoms with Gasteiger partial charge in [-0.1, -0.05) is 0 Å². The van der Waals surface area contributed by atoms with E-state index in [0.29, 0.717) is 5.75 Å². The van der Waals surface area contributed by atoms with Crippen molar-refractivity contribution in [3.63, 3.8) is 0 Å². The fraction of sp³-hybridized carbons (Fsp3) is 0.455. The molecule has 0 aliphatic rings.